The number of alkyl halides is 1. The number of hydrogen-bond acceptors (Lipinski definition) is 3. The van der Waals surface area contributed by atoms with E-state index in [0.29, 0.717) is 12.5 Å². The van der Waals surface area contributed by atoms with Gasteiger partial charge in [-0.2, -0.15) is 0 Å². The summed E-state index contributed by atoms with van der Waals surface area (Å²) in [5, 5.41) is 2.90. The van der Waals surface area contributed by atoms with E-state index in [1.54, 1.807) is 6.92 Å². The Bertz CT molecular complexity index is 516. The van der Waals surface area contributed by atoms with Gasteiger partial charge in [-0.3, -0.25) is 9.59 Å². The van der Waals surface area contributed by atoms with Gasteiger partial charge in [0.2, 0.25) is 0 Å². The third-order valence-electron chi connectivity index (χ3n) is 6.23. The van der Waals surface area contributed by atoms with E-state index in [1.165, 1.54) is 19.3 Å². The Morgan fingerprint density at radius 2 is 1.87 bits per heavy atom. The van der Waals surface area contributed by atoms with Crippen LogP contribution in [0.1, 0.15) is 64.7 Å². The van der Waals surface area contributed by atoms with Crippen LogP contribution in [-0.2, 0) is 14.3 Å². The lowest BCUT2D eigenvalue weighted by Gasteiger charge is -2.60. The van der Waals surface area contributed by atoms with Crippen LogP contribution in [0.4, 0.5) is 0 Å². The summed E-state index contributed by atoms with van der Waals surface area (Å²) in [6, 6.07) is 0.306. The fourth-order valence-corrected chi connectivity index (χ4v) is 7.20. The fourth-order valence-electron chi connectivity index (χ4n) is 5.69. The second-order valence-electron chi connectivity index (χ2n) is 8.70. The predicted molar refractivity (Wildman–Crippen MR) is 90.1 cm³/mol. The van der Waals surface area contributed by atoms with Crippen molar-refractivity contribution >= 4 is 27.8 Å². The summed E-state index contributed by atoms with van der Waals surface area (Å²) in [4.78, 5) is 24.4. The normalized spacial score (nSPS) is 42.3. The molecule has 5 rings (SSSR count). The SMILES string of the molecule is C[C@@H](OC(=O)CC12C[C@@H]3C[C@@H](CC(Br)(C3)C1)C2)C(=O)NC1CC1. The molecule has 1 N–H and O–H groups in total. The second-order valence-corrected chi connectivity index (χ2v) is 10.4. The van der Waals surface area contributed by atoms with E-state index in [-0.39, 0.29) is 21.6 Å². The van der Waals surface area contributed by atoms with Gasteiger partial charge in [0.05, 0.1) is 6.42 Å². The quantitative estimate of drug-likeness (QED) is 0.585. The zero-order valence-corrected chi connectivity index (χ0v) is 15.4. The highest BCUT2D eigenvalue weighted by Crippen LogP contribution is 2.65. The molecule has 1 amide bonds. The lowest BCUT2D eigenvalue weighted by atomic mass is 9.49. The lowest BCUT2D eigenvalue weighted by molar-refractivity contribution is -0.160. The maximum atomic E-state index is 12.4. The molecule has 0 aromatic carbocycles. The first-order valence-electron chi connectivity index (χ1n) is 9.04. The van der Waals surface area contributed by atoms with Crippen molar-refractivity contribution in [2.75, 3.05) is 0 Å². The number of carbonyl (C=O) groups excluding carboxylic acids is 2. The maximum Gasteiger partial charge on any atom is 0.307 e. The van der Waals surface area contributed by atoms with Crippen LogP contribution in [0.2, 0.25) is 0 Å². The molecular formula is C18H26BrNO3. The summed E-state index contributed by atoms with van der Waals surface area (Å²) < 4.78 is 5.70. The molecule has 5 atom stereocenters. The predicted octanol–water partition coefficient (Wildman–Crippen LogP) is 3.32. The largest absolute Gasteiger partial charge is 0.453 e. The third-order valence-corrected chi connectivity index (χ3v) is 7.16. The molecule has 4 bridgehead atoms. The van der Waals surface area contributed by atoms with Crippen molar-refractivity contribution in [2.45, 2.75) is 81.2 Å². The summed E-state index contributed by atoms with van der Waals surface area (Å²) in [6.45, 7) is 1.68. The Labute approximate surface area is 146 Å². The molecule has 4 nitrogen and oxygen atoms in total. The molecule has 0 spiro atoms. The first-order valence-corrected chi connectivity index (χ1v) is 9.83. The summed E-state index contributed by atoms with van der Waals surface area (Å²) in [5.41, 5.74) is 0.108. The van der Waals surface area contributed by atoms with E-state index in [9.17, 15) is 9.59 Å². The van der Waals surface area contributed by atoms with Crippen LogP contribution in [-0.4, -0.2) is 28.3 Å². The Kier molecular flexibility index (Phi) is 3.78. The molecule has 0 aromatic heterocycles. The molecule has 0 saturated heterocycles. The number of hydrogen-bond donors (Lipinski definition) is 1. The Morgan fingerprint density at radius 1 is 1.22 bits per heavy atom. The van der Waals surface area contributed by atoms with Gasteiger partial charge in [0.25, 0.3) is 5.91 Å². The van der Waals surface area contributed by atoms with Crippen LogP contribution in [0.5, 0.6) is 0 Å². The number of amides is 1. The van der Waals surface area contributed by atoms with Gasteiger partial charge < -0.3 is 10.1 Å². The average Bonchev–Trinajstić information content (AvgIpc) is 3.18. The van der Waals surface area contributed by atoms with Crippen molar-refractivity contribution in [1.82, 2.24) is 5.32 Å². The summed E-state index contributed by atoms with van der Waals surface area (Å²) >= 11 is 3.97. The number of carbonyl (C=O) groups is 2. The van der Waals surface area contributed by atoms with Crippen LogP contribution >= 0.6 is 15.9 Å². The van der Waals surface area contributed by atoms with Crippen molar-refractivity contribution in [3.8, 4) is 0 Å². The van der Waals surface area contributed by atoms with Gasteiger partial charge in [-0.15, -0.1) is 0 Å². The van der Waals surface area contributed by atoms with E-state index < -0.39 is 6.10 Å². The molecule has 5 aliphatic rings. The standard InChI is InChI=1S/C18H26BrNO3/c1-11(16(22)20-14-2-3-14)23-15(21)9-17-5-12-4-13(6-17)8-18(19,7-12)10-17/h11-14H,2-10H2,1H3,(H,20,22)/t11-,12-,13+,17?,18?/m1/s1. The highest BCUT2D eigenvalue weighted by Gasteiger charge is 2.57. The van der Waals surface area contributed by atoms with Gasteiger partial charge in [0.1, 0.15) is 0 Å². The number of halogens is 1. The number of rotatable bonds is 5. The molecule has 5 fully saturated rings. The molecule has 23 heavy (non-hydrogen) atoms. The van der Waals surface area contributed by atoms with E-state index in [1.807, 2.05) is 0 Å². The Morgan fingerprint density at radius 3 is 2.43 bits per heavy atom. The van der Waals surface area contributed by atoms with E-state index in [0.717, 1.165) is 43.9 Å². The number of esters is 1. The minimum atomic E-state index is -0.671. The molecular weight excluding hydrogens is 358 g/mol. The van der Waals surface area contributed by atoms with Crippen LogP contribution in [0.25, 0.3) is 0 Å². The van der Waals surface area contributed by atoms with Gasteiger partial charge in [0, 0.05) is 10.4 Å². The highest BCUT2D eigenvalue weighted by molar-refractivity contribution is 9.10. The molecule has 0 aromatic rings. The number of ether oxygens (including phenoxy) is 1. The van der Waals surface area contributed by atoms with Crippen molar-refractivity contribution in [3.05, 3.63) is 0 Å². The lowest BCUT2D eigenvalue weighted by Crippen LogP contribution is -2.53. The topological polar surface area (TPSA) is 55.4 Å². The Balaban J connectivity index is 1.35. The molecule has 0 aliphatic heterocycles. The summed E-state index contributed by atoms with van der Waals surface area (Å²) in [5.74, 6) is 1.18. The summed E-state index contributed by atoms with van der Waals surface area (Å²) in [7, 11) is 0. The van der Waals surface area contributed by atoms with E-state index >= 15 is 0 Å². The molecule has 5 saturated carbocycles. The second kappa shape index (κ2) is 5.47. The minimum absolute atomic E-state index is 0.108. The van der Waals surface area contributed by atoms with Crippen LogP contribution in [0.3, 0.4) is 0 Å². The van der Waals surface area contributed by atoms with E-state index in [4.69, 9.17) is 4.74 Å². The molecule has 5 aliphatic carbocycles. The van der Waals surface area contributed by atoms with Crippen molar-refractivity contribution in [3.63, 3.8) is 0 Å². The molecule has 128 valence electrons. The smallest absolute Gasteiger partial charge is 0.307 e. The summed E-state index contributed by atoms with van der Waals surface area (Å²) in [6.07, 6.45) is 9.18. The first kappa shape index (κ1) is 15.9. The van der Waals surface area contributed by atoms with Gasteiger partial charge >= 0.3 is 5.97 Å². The monoisotopic (exact) mass is 383 g/mol. The maximum absolute atomic E-state index is 12.4. The fraction of sp³-hybridized carbons (Fsp3) is 0.889. The Hall–Kier alpha value is -0.580. The third kappa shape index (κ3) is 3.31. The number of nitrogens with one attached hydrogen (secondary N) is 1. The first-order chi connectivity index (χ1) is 10.8. The molecule has 0 heterocycles. The van der Waals surface area contributed by atoms with Gasteiger partial charge in [-0.25, -0.2) is 0 Å². The highest BCUT2D eigenvalue weighted by atomic mass is 79.9. The van der Waals surface area contributed by atoms with Gasteiger partial charge in [0.15, 0.2) is 6.10 Å². The van der Waals surface area contributed by atoms with Gasteiger partial charge in [-0.1, -0.05) is 15.9 Å². The van der Waals surface area contributed by atoms with Gasteiger partial charge in [-0.05, 0) is 75.5 Å². The minimum Gasteiger partial charge on any atom is -0.453 e. The molecule has 0 radical (unpaired) electrons. The van der Waals surface area contributed by atoms with Crippen LogP contribution in [0.15, 0.2) is 0 Å². The zero-order valence-electron chi connectivity index (χ0n) is 13.8. The zero-order chi connectivity index (χ0) is 16.2. The molecule has 2 unspecified atom stereocenters. The van der Waals surface area contributed by atoms with Crippen LogP contribution in [0, 0.1) is 17.3 Å². The van der Waals surface area contributed by atoms with Crippen molar-refractivity contribution < 1.29 is 14.3 Å². The molecule has 5 heteroatoms. The van der Waals surface area contributed by atoms with E-state index in [2.05, 4.69) is 21.2 Å². The van der Waals surface area contributed by atoms with Crippen molar-refractivity contribution in [1.29, 1.82) is 0 Å². The van der Waals surface area contributed by atoms with Crippen molar-refractivity contribution in [2.24, 2.45) is 17.3 Å². The van der Waals surface area contributed by atoms with Crippen LogP contribution < -0.4 is 5.32 Å². The average molecular weight is 384 g/mol.